The van der Waals surface area contributed by atoms with Crippen molar-refractivity contribution in [2.45, 2.75) is 19.8 Å². The van der Waals surface area contributed by atoms with Gasteiger partial charge in [0, 0.05) is 32.1 Å². The number of carbonyl (C=O) groups is 1. The van der Waals surface area contributed by atoms with Gasteiger partial charge >= 0.3 is 0 Å². The van der Waals surface area contributed by atoms with E-state index in [2.05, 4.69) is 0 Å². The fourth-order valence-electron chi connectivity index (χ4n) is 3.09. The minimum atomic E-state index is -3.13. The fourth-order valence-corrected chi connectivity index (χ4v) is 4.26. The van der Waals surface area contributed by atoms with Gasteiger partial charge in [-0.15, -0.1) is 0 Å². The monoisotopic (exact) mass is 272 g/mol. The van der Waals surface area contributed by atoms with E-state index in [1.807, 2.05) is 4.90 Å². The van der Waals surface area contributed by atoms with E-state index < -0.39 is 10.0 Å². The van der Waals surface area contributed by atoms with Crippen LogP contribution in [-0.4, -0.2) is 55.5 Å². The standard InChI is InChI=1S/C12H20N2O3S/c1-2-18(16,17)14-7-10-6-13(5-9-3-4-9)12(15)11(10)8-14/h9-11H,2-8H2,1H3/t10-,11+/m0/s1. The molecule has 6 heteroatoms. The zero-order chi connectivity index (χ0) is 12.9. The third kappa shape index (κ3) is 2.05. The number of fused-ring (bicyclic) bond motifs is 1. The molecule has 5 nitrogen and oxygen atoms in total. The van der Waals surface area contributed by atoms with Crippen molar-refractivity contribution < 1.29 is 13.2 Å². The minimum Gasteiger partial charge on any atom is -0.342 e. The van der Waals surface area contributed by atoms with Gasteiger partial charge in [0.1, 0.15) is 0 Å². The molecule has 2 saturated heterocycles. The summed E-state index contributed by atoms with van der Waals surface area (Å²) in [6.45, 7) is 4.25. The van der Waals surface area contributed by atoms with Crippen LogP contribution in [0.4, 0.5) is 0 Å². The van der Waals surface area contributed by atoms with E-state index in [-0.39, 0.29) is 23.5 Å². The van der Waals surface area contributed by atoms with E-state index in [4.69, 9.17) is 0 Å². The molecule has 0 aromatic heterocycles. The van der Waals surface area contributed by atoms with Crippen molar-refractivity contribution in [2.75, 3.05) is 31.9 Å². The molecule has 102 valence electrons. The Bertz CT molecular complexity index is 458. The number of carbonyl (C=O) groups excluding carboxylic acids is 1. The summed E-state index contributed by atoms with van der Waals surface area (Å²) < 4.78 is 25.1. The molecule has 0 bridgehead atoms. The average Bonchev–Trinajstić information content (AvgIpc) is 2.96. The van der Waals surface area contributed by atoms with Gasteiger partial charge in [0.2, 0.25) is 15.9 Å². The highest BCUT2D eigenvalue weighted by Gasteiger charge is 2.49. The normalized spacial score (nSPS) is 33.2. The summed E-state index contributed by atoms with van der Waals surface area (Å²) in [5.74, 6) is 1.17. The molecule has 0 radical (unpaired) electrons. The molecule has 0 aromatic carbocycles. The zero-order valence-electron chi connectivity index (χ0n) is 10.7. The third-order valence-electron chi connectivity index (χ3n) is 4.42. The smallest absolute Gasteiger partial charge is 0.227 e. The first-order chi connectivity index (χ1) is 8.51. The molecule has 0 aromatic rings. The summed E-state index contributed by atoms with van der Waals surface area (Å²) in [6, 6.07) is 0. The second-order valence-electron chi connectivity index (χ2n) is 5.77. The number of sulfonamides is 1. The Morgan fingerprint density at radius 3 is 2.50 bits per heavy atom. The van der Waals surface area contributed by atoms with Crippen molar-refractivity contribution in [2.24, 2.45) is 17.8 Å². The summed E-state index contributed by atoms with van der Waals surface area (Å²) in [4.78, 5) is 14.2. The van der Waals surface area contributed by atoms with Crippen LogP contribution in [0.1, 0.15) is 19.8 Å². The van der Waals surface area contributed by atoms with Gasteiger partial charge in [-0.3, -0.25) is 4.79 Å². The number of nitrogens with zero attached hydrogens (tertiary/aromatic N) is 2. The van der Waals surface area contributed by atoms with Gasteiger partial charge < -0.3 is 4.90 Å². The Morgan fingerprint density at radius 1 is 1.22 bits per heavy atom. The van der Waals surface area contributed by atoms with Crippen LogP contribution in [0.3, 0.4) is 0 Å². The Balaban J connectivity index is 1.66. The van der Waals surface area contributed by atoms with E-state index in [1.54, 1.807) is 6.92 Å². The predicted octanol–water partition coefficient (Wildman–Crippen LogP) is 0.136. The van der Waals surface area contributed by atoms with E-state index in [0.717, 1.165) is 13.1 Å². The van der Waals surface area contributed by atoms with Crippen LogP contribution in [0.25, 0.3) is 0 Å². The maximum Gasteiger partial charge on any atom is 0.227 e. The number of hydrogen-bond donors (Lipinski definition) is 0. The van der Waals surface area contributed by atoms with Crippen LogP contribution in [0, 0.1) is 17.8 Å². The van der Waals surface area contributed by atoms with E-state index in [9.17, 15) is 13.2 Å². The van der Waals surface area contributed by atoms with Crippen molar-refractivity contribution >= 4 is 15.9 Å². The van der Waals surface area contributed by atoms with Gasteiger partial charge in [-0.25, -0.2) is 12.7 Å². The molecule has 2 aliphatic heterocycles. The molecule has 3 aliphatic rings. The quantitative estimate of drug-likeness (QED) is 0.731. The lowest BCUT2D eigenvalue weighted by atomic mass is 10.0. The van der Waals surface area contributed by atoms with Crippen molar-refractivity contribution in [3.05, 3.63) is 0 Å². The highest BCUT2D eigenvalue weighted by Crippen LogP contribution is 2.37. The molecular formula is C12H20N2O3S. The molecule has 0 N–H and O–H groups in total. The molecule has 2 atom stereocenters. The van der Waals surface area contributed by atoms with E-state index in [0.29, 0.717) is 19.0 Å². The largest absolute Gasteiger partial charge is 0.342 e. The molecule has 1 saturated carbocycles. The first-order valence-electron chi connectivity index (χ1n) is 6.78. The molecule has 0 spiro atoms. The van der Waals surface area contributed by atoms with Gasteiger partial charge in [0.05, 0.1) is 11.7 Å². The Kier molecular flexibility index (Phi) is 2.90. The van der Waals surface area contributed by atoms with Gasteiger partial charge in [-0.2, -0.15) is 0 Å². The first kappa shape index (κ1) is 12.4. The fraction of sp³-hybridized carbons (Fsp3) is 0.917. The van der Waals surface area contributed by atoms with Crippen molar-refractivity contribution in [1.29, 1.82) is 0 Å². The van der Waals surface area contributed by atoms with Gasteiger partial charge in [0.15, 0.2) is 0 Å². The Hall–Kier alpha value is -0.620. The van der Waals surface area contributed by atoms with Crippen molar-refractivity contribution in [3.8, 4) is 0 Å². The Morgan fingerprint density at radius 2 is 1.94 bits per heavy atom. The number of likely N-dealkylation sites (tertiary alicyclic amines) is 1. The molecule has 3 rings (SSSR count). The van der Waals surface area contributed by atoms with Gasteiger partial charge in [0.25, 0.3) is 0 Å². The minimum absolute atomic E-state index is 0.0786. The number of rotatable bonds is 4. The van der Waals surface area contributed by atoms with Crippen molar-refractivity contribution in [3.63, 3.8) is 0 Å². The number of amides is 1. The summed E-state index contributed by atoms with van der Waals surface area (Å²) in [7, 11) is -3.13. The maximum atomic E-state index is 12.2. The summed E-state index contributed by atoms with van der Waals surface area (Å²) in [5.41, 5.74) is 0. The first-order valence-corrected chi connectivity index (χ1v) is 8.38. The second kappa shape index (κ2) is 4.20. The second-order valence-corrected chi connectivity index (χ2v) is 8.03. The summed E-state index contributed by atoms with van der Waals surface area (Å²) in [5, 5.41) is 0. The highest BCUT2D eigenvalue weighted by molar-refractivity contribution is 7.89. The number of hydrogen-bond acceptors (Lipinski definition) is 3. The highest BCUT2D eigenvalue weighted by atomic mass is 32.2. The topological polar surface area (TPSA) is 57.7 Å². The Labute approximate surface area is 108 Å². The molecular weight excluding hydrogens is 252 g/mol. The van der Waals surface area contributed by atoms with Crippen LogP contribution >= 0.6 is 0 Å². The van der Waals surface area contributed by atoms with Crippen LogP contribution in [0.5, 0.6) is 0 Å². The van der Waals surface area contributed by atoms with E-state index >= 15 is 0 Å². The molecule has 0 unspecified atom stereocenters. The van der Waals surface area contributed by atoms with Crippen LogP contribution in [0.15, 0.2) is 0 Å². The maximum absolute atomic E-state index is 12.2. The lowest BCUT2D eigenvalue weighted by Gasteiger charge is -2.21. The lowest BCUT2D eigenvalue weighted by Crippen LogP contribution is -2.37. The molecule has 3 fully saturated rings. The lowest BCUT2D eigenvalue weighted by molar-refractivity contribution is -0.131. The predicted molar refractivity (Wildman–Crippen MR) is 67.3 cm³/mol. The summed E-state index contributed by atoms with van der Waals surface area (Å²) in [6.07, 6.45) is 2.49. The van der Waals surface area contributed by atoms with Gasteiger partial charge in [-0.05, 0) is 25.7 Å². The molecule has 1 amide bonds. The van der Waals surface area contributed by atoms with Gasteiger partial charge in [-0.1, -0.05) is 0 Å². The average molecular weight is 272 g/mol. The van der Waals surface area contributed by atoms with Crippen LogP contribution in [-0.2, 0) is 14.8 Å². The SMILES string of the molecule is CCS(=O)(=O)N1C[C@@H]2CN(CC3CC3)C(=O)[C@@H]2C1. The molecule has 2 heterocycles. The molecule has 18 heavy (non-hydrogen) atoms. The van der Waals surface area contributed by atoms with Crippen LogP contribution < -0.4 is 0 Å². The van der Waals surface area contributed by atoms with E-state index in [1.165, 1.54) is 17.1 Å². The van der Waals surface area contributed by atoms with Crippen molar-refractivity contribution in [1.82, 2.24) is 9.21 Å². The third-order valence-corrected chi connectivity index (χ3v) is 6.24. The zero-order valence-corrected chi connectivity index (χ0v) is 11.5. The molecule has 1 aliphatic carbocycles. The summed E-state index contributed by atoms with van der Waals surface area (Å²) >= 11 is 0. The van der Waals surface area contributed by atoms with Crippen LogP contribution in [0.2, 0.25) is 0 Å².